The van der Waals surface area contributed by atoms with E-state index in [4.69, 9.17) is 4.74 Å². The Bertz CT molecular complexity index is 951. The molecule has 27 heavy (non-hydrogen) atoms. The van der Waals surface area contributed by atoms with E-state index in [1.165, 1.54) is 0 Å². The first kappa shape index (κ1) is 16.3. The van der Waals surface area contributed by atoms with E-state index in [1.807, 2.05) is 41.9 Å². The number of nitrogens with zero attached hydrogens (tertiary/aromatic N) is 4. The summed E-state index contributed by atoms with van der Waals surface area (Å²) < 4.78 is 7.14. The smallest absolute Gasteiger partial charge is 0.317 e. The number of thiazole rings is 1. The number of likely N-dealkylation sites (tertiary alicyclic amines) is 1. The van der Waals surface area contributed by atoms with Crippen molar-refractivity contribution in [3.05, 3.63) is 48.1 Å². The van der Waals surface area contributed by atoms with Gasteiger partial charge in [-0.25, -0.2) is 14.8 Å². The number of carbonyl (C=O) groups excluding carboxylic acids is 1. The van der Waals surface area contributed by atoms with Gasteiger partial charge in [0.15, 0.2) is 0 Å². The molecule has 7 nitrogen and oxygen atoms in total. The highest BCUT2D eigenvalue weighted by Gasteiger charge is 2.36. The quantitative estimate of drug-likeness (QED) is 0.751. The molecule has 0 unspecified atom stereocenters. The minimum absolute atomic E-state index is 0.0209. The summed E-state index contributed by atoms with van der Waals surface area (Å²) in [6, 6.07) is 12.0. The van der Waals surface area contributed by atoms with Crippen molar-refractivity contribution in [2.75, 3.05) is 31.1 Å². The van der Waals surface area contributed by atoms with Crippen LogP contribution in [0.1, 0.15) is 0 Å². The molecule has 0 spiro atoms. The molecule has 138 valence electrons. The molecule has 2 amide bonds. The van der Waals surface area contributed by atoms with Gasteiger partial charge in [0, 0.05) is 19.3 Å². The highest BCUT2D eigenvalue weighted by atomic mass is 32.1. The molecule has 0 aliphatic carbocycles. The van der Waals surface area contributed by atoms with Gasteiger partial charge in [0.2, 0.25) is 0 Å². The highest BCUT2D eigenvalue weighted by molar-refractivity contribution is 7.16. The number of nitrogens with one attached hydrogen (secondary N) is 1. The summed E-state index contributed by atoms with van der Waals surface area (Å²) in [5.74, 6) is 1.75. The number of fused-ring (bicyclic) bond motifs is 1. The van der Waals surface area contributed by atoms with Crippen LogP contribution < -0.4 is 15.0 Å². The van der Waals surface area contributed by atoms with Crippen LogP contribution in [0, 0.1) is 0 Å². The number of ether oxygens (including phenoxy) is 1. The van der Waals surface area contributed by atoms with E-state index >= 15 is 0 Å². The molecule has 2 aliphatic heterocycles. The predicted molar refractivity (Wildman–Crippen MR) is 104 cm³/mol. The van der Waals surface area contributed by atoms with Crippen molar-refractivity contribution in [3.63, 3.8) is 0 Å². The molecule has 2 saturated heterocycles. The third-order valence-corrected chi connectivity index (χ3v) is 5.73. The average molecular weight is 381 g/mol. The van der Waals surface area contributed by atoms with Gasteiger partial charge in [-0.05, 0) is 24.3 Å². The molecule has 2 aliphatic rings. The lowest BCUT2D eigenvalue weighted by atomic mass is 10.1. The van der Waals surface area contributed by atoms with Crippen LogP contribution in [0.2, 0.25) is 0 Å². The van der Waals surface area contributed by atoms with Gasteiger partial charge in [-0.15, -0.1) is 11.3 Å². The van der Waals surface area contributed by atoms with Crippen molar-refractivity contribution >= 4 is 33.4 Å². The van der Waals surface area contributed by atoms with Crippen molar-refractivity contribution in [1.29, 1.82) is 0 Å². The standard InChI is InChI=1S/C19H19N5O2S/c25-19(22-13-8-23(9-13)17-6-1-2-7-20-17)24-10-14(11-24)26-15-4-3-5-16-18(15)21-12-27-16/h1-7,12-14H,8-11H2,(H,22,25). The van der Waals surface area contributed by atoms with Gasteiger partial charge < -0.3 is 19.9 Å². The van der Waals surface area contributed by atoms with E-state index in [0.717, 1.165) is 34.9 Å². The van der Waals surface area contributed by atoms with Gasteiger partial charge in [-0.1, -0.05) is 12.1 Å². The molecular weight excluding hydrogens is 362 g/mol. The van der Waals surface area contributed by atoms with Gasteiger partial charge in [0.1, 0.15) is 23.2 Å². The first-order valence-electron chi connectivity index (χ1n) is 8.96. The van der Waals surface area contributed by atoms with Gasteiger partial charge in [0.05, 0.1) is 29.3 Å². The van der Waals surface area contributed by atoms with E-state index in [-0.39, 0.29) is 18.2 Å². The maximum absolute atomic E-state index is 12.4. The Morgan fingerprint density at radius 3 is 2.81 bits per heavy atom. The Morgan fingerprint density at radius 2 is 2.00 bits per heavy atom. The second kappa shape index (κ2) is 6.70. The third-order valence-electron chi connectivity index (χ3n) is 4.93. The summed E-state index contributed by atoms with van der Waals surface area (Å²) in [4.78, 5) is 25.0. The van der Waals surface area contributed by atoms with Crippen LogP contribution in [-0.4, -0.2) is 59.2 Å². The topological polar surface area (TPSA) is 70.6 Å². The first-order chi connectivity index (χ1) is 13.3. The Hall–Kier alpha value is -2.87. The normalized spacial score (nSPS) is 17.5. The zero-order valence-electron chi connectivity index (χ0n) is 14.6. The maximum atomic E-state index is 12.4. The van der Waals surface area contributed by atoms with Gasteiger partial charge in [-0.3, -0.25) is 0 Å². The molecule has 0 atom stereocenters. The molecule has 1 N–H and O–H groups in total. The Labute approximate surface area is 160 Å². The molecule has 5 rings (SSSR count). The Balaban J connectivity index is 1.09. The summed E-state index contributed by atoms with van der Waals surface area (Å²) in [5.41, 5.74) is 2.72. The highest BCUT2D eigenvalue weighted by Crippen LogP contribution is 2.29. The van der Waals surface area contributed by atoms with Crippen LogP contribution in [-0.2, 0) is 0 Å². The second-order valence-electron chi connectivity index (χ2n) is 6.84. The summed E-state index contributed by atoms with van der Waals surface area (Å²) in [6.45, 7) is 2.79. The Morgan fingerprint density at radius 1 is 1.11 bits per heavy atom. The number of carbonyl (C=O) groups is 1. The first-order valence-corrected chi connectivity index (χ1v) is 9.84. The minimum Gasteiger partial charge on any atom is -0.484 e. The molecule has 1 aromatic carbocycles. The second-order valence-corrected chi connectivity index (χ2v) is 7.73. The zero-order valence-corrected chi connectivity index (χ0v) is 15.4. The average Bonchev–Trinajstić information content (AvgIpc) is 3.10. The number of hydrogen-bond donors (Lipinski definition) is 1. The van der Waals surface area contributed by atoms with Crippen molar-refractivity contribution in [3.8, 4) is 5.75 Å². The van der Waals surface area contributed by atoms with Crippen molar-refractivity contribution < 1.29 is 9.53 Å². The van der Waals surface area contributed by atoms with Crippen LogP contribution >= 0.6 is 11.3 Å². The van der Waals surface area contributed by atoms with Crippen LogP contribution in [0.15, 0.2) is 48.1 Å². The fraction of sp³-hybridized carbons (Fsp3) is 0.316. The summed E-state index contributed by atoms with van der Waals surface area (Å²) >= 11 is 1.60. The maximum Gasteiger partial charge on any atom is 0.317 e. The van der Waals surface area contributed by atoms with E-state index in [2.05, 4.69) is 20.2 Å². The van der Waals surface area contributed by atoms with E-state index < -0.39 is 0 Å². The van der Waals surface area contributed by atoms with Crippen molar-refractivity contribution in [1.82, 2.24) is 20.2 Å². The molecule has 2 aromatic heterocycles. The predicted octanol–water partition coefficient (Wildman–Crippen LogP) is 2.35. The van der Waals surface area contributed by atoms with Crippen LogP contribution in [0.3, 0.4) is 0 Å². The number of benzene rings is 1. The lowest BCUT2D eigenvalue weighted by molar-refractivity contribution is 0.0440. The molecule has 0 radical (unpaired) electrons. The summed E-state index contributed by atoms with van der Waals surface area (Å²) in [6.07, 6.45) is 1.81. The van der Waals surface area contributed by atoms with Gasteiger partial charge in [-0.2, -0.15) is 0 Å². The summed E-state index contributed by atoms with van der Waals surface area (Å²) in [7, 11) is 0. The lowest BCUT2D eigenvalue weighted by Crippen LogP contribution is -2.65. The monoisotopic (exact) mass is 381 g/mol. The van der Waals surface area contributed by atoms with Crippen LogP contribution in [0.4, 0.5) is 10.6 Å². The number of hydrogen-bond acceptors (Lipinski definition) is 6. The van der Waals surface area contributed by atoms with Crippen LogP contribution in [0.25, 0.3) is 10.2 Å². The minimum atomic E-state index is -0.0209. The van der Waals surface area contributed by atoms with Crippen molar-refractivity contribution in [2.24, 2.45) is 0 Å². The lowest BCUT2D eigenvalue weighted by Gasteiger charge is -2.43. The number of rotatable bonds is 4. The molecule has 2 fully saturated rings. The number of para-hydroxylation sites is 1. The molecule has 4 heterocycles. The number of urea groups is 1. The number of amides is 2. The molecule has 0 saturated carbocycles. The third kappa shape index (κ3) is 3.16. The SMILES string of the molecule is O=C(NC1CN(c2ccccn2)C1)N1CC(Oc2cccc3scnc23)C1. The molecule has 8 heteroatoms. The fourth-order valence-corrected chi connectivity index (χ4v) is 4.07. The van der Waals surface area contributed by atoms with E-state index in [9.17, 15) is 4.79 Å². The molecule has 0 bridgehead atoms. The molecule has 3 aromatic rings. The van der Waals surface area contributed by atoms with E-state index in [0.29, 0.717) is 13.1 Å². The number of pyridine rings is 1. The van der Waals surface area contributed by atoms with Crippen molar-refractivity contribution in [2.45, 2.75) is 12.1 Å². The van der Waals surface area contributed by atoms with E-state index in [1.54, 1.807) is 22.4 Å². The van der Waals surface area contributed by atoms with Gasteiger partial charge in [0.25, 0.3) is 0 Å². The summed E-state index contributed by atoms with van der Waals surface area (Å²) in [5, 5.41) is 3.08. The number of aromatic nitrogens is 2. The van der Waals surface area contributed by atoms with Crippen LogP contribution in [0.5, 0.6) is 5.75 Å². The molecular formula is C19H19N5O2S. The number of anilines is 1. The largest absolute Gasteiger partial charge is 0.484 e. The fourth-order valence-electron chi connectivity index (χ4n) is 3.38. The Kier molecular flexibility index (Phi) is 4.05. The van der Waals surface area contributed by atoms with Gasteiger partial charge >= 0.3 is 6.03 Å². The zero-order chi connectivity index (χ0) is 18.2.